The summed E-state index contributed by atoms with van der Waals surface area (Å²) in [5, 5.41) is 3.70. The van der Waals surface area contributed by atoms with Gasteiger partial charge in [-0.2, -0.15) is 0 Å². The number of anilines is 1. The summed E-state index contributed by atoms with van der Waals surface area (Å²) >= 11 is 0. The van der Waals surface area contributed by atoms with Crippen molar-refractivity contribution in [3.63, 3.8) is 0 Å². The Hall–Kier alpha value is -2.88. The van der Waals surface area contributed by atoms with Crippen molar-refractivity contribution in [2.45, 2.75) is 32.9 Å². The number of pyridine rings is 1. The van der Waals surface area contributed by atoms with Gasteiger partial charge in [0.2, 0.25) is 6.41 Å². The molecule has 0 saturated carbocycles. The molecular formula is C19H29N5O5. The van der Waals surface area contributed by atoms with Crippen LogP contribution < -0.4 is 10.2 Å². The van der Waals surface area contributed by atoms with E-state index >= 15 is 0 Å². The molecule has 1 N–H and O–H groups in total. The van der Waals surface area contributed by atoms with Crippen LogP contribution in [0.2, 0.25) is 0 Å². The zero-order chi connectivity index (χ0) is 21.6. The van der Waals surface area contributed by atoms with E-state index in [2.05, 4.69) is 10.3 Å². The zero-order valence-corrected chi connectivity index (χ0v) is 17.6. The van der Waals surface area contributed by atoms with Crippen LogP contribution in [0.1, 0.15) is 36.8 Å². The maximum atomic E-state index is 12.7. The SMILES string of the molecule is CON(C)C(=O)c1ccc(CNC=O)nc1N1CCN(C(=O)OC(C)(C)C)CC1. The van der Waals surface area contributed by atoms with Crippen LogP contribution >= 0.6 is 0 Å². The zero-order valence-electron chi connectivity index (χ0n) is 17.6. The second kappa shape index (κ2) is 9.55. The molecular weight excluding hydrogens is 378 g/mol. The van der Waals surface area contributed by atoms with Crippen LogP contribution in [0.15, 0.2) is 12.1 Å². The van der Waals surface area contributed by atoms with E-state index in [1.807, 2.05) is 25.7 Å². The molecule has 1 aliphatic heterocycles. The molecule has 0 radical (unpaired) electrons. The minimum atomic E-state index is -0.556. The average molecular weight is 407 g/mol. The van der Waals surface area contributed by atoms with Crippen LogP contribution in [0.25, 0.3) is 0 Å². The van der Waals surface area contributed by atoms with Crippen LogP contribution in [-0.2, 0) is 20.9 Å². The number of piperazine rings is 1. The Balaban J connectivity index is 2.20. The van der Waals surface area contributed by atoms with Crippen molar-refractivity contribution in [2.75, 3.05) is 45.2 Å². The van der Waals surface area contributed by atoms with Gasteiger partial charge in [-0.1, -0.05) is 0 Å². The van der Waals surface area contributed by atoms with Gasteiger partial charge in [0.1, 0.15) is 11.4 Å². The van der Waals surface area contributed by atoms with Crippen molar-refractivity contribution in [3.8, 4) is 0 Å². The summed E-state index contributed by atoms with van der Waals surface area (Å²) in [6.45, 7) is 7.61. The molecule has 1 aliphatic rings. The Morgan fingerprint density at radius 3 is 2.45 bits per heavy atom. The largest absolute Gasteiger partial charge is 0.444 e. The third kappa shape index (κ3) is 6.05. The fraction of sp³-hybridized carbons (Fsp3) is 0.579. The third-order valence-corrected chi connectivity index (χ3v) is 4.32. The average Bonchev–Trinajstić information content (AvgIpc) is 2.69. The van der Waals surface area contributed by atoms with Gasteiger partial charge in [-0.3, -0.25) is 14.4 Å². The Morgan fingerprint density at radius 2 is 1.90 bits per heavy atom. The molecule has 10 nitrogen and oxygen atoms in total. The molecule has 0 bridgehead atoms. The molecule has 0 spiro atoms. The van der Waals surface area contributed by atoms with Crippen LogP contribution in [0.4, 0.5) is 10.6 Å². The molecule has 1 fully saturated rings. The van der Waals surface area contributed by atoms with Crippen LogP contribution in [-0.4, -0.2) is 79.3 Å². The summed E-state index contributed by atoms with van der Waals surface area (Å²) < 4.78 is 5.42. The number of ether oxygens (including phenoxy) is 1. The topological polar surface area (TPSA) is 104 Å². The van der Waals surface area contributed by atoms with Gasteiger partial charge in [-0.05, 0) is 32.9 Å². The van der Waals surface area contributed by atoms with Crippen molar-refractivity contribution in [1.82, 2.24) is 20.3 Å². The molecule has 10 heteroatoms. The summed E-state index contributed by atoms with van der Waals surface area (Å²) in [5.41, 5.74) is 0.452. The number of rotatable bonds is 6. The molecule has 0 atom stereocenters. The number of carbonyl (C=O) groups is 3. The van der Waals surface area contributed by atoms with Gasteiger partial charge in [0.25, 0.3) is 5.91 Å². The number of hydrogen-bond acceptors (Lipinski definition) is 7. The highest BCUT2D eigenvalue weighted by molar-refractivity contribution is 5.98. The summed E-state index contributed by atoms with van der Waals surface area (Å²) in [4.78, 5) is 48.7. The second-order valence-corrected chi connectivity index (χ2v) is 7.61. The van der Waals surface area contributed by atoms with E-state index in [-0.39, 0.29) is 18.5 Å². The van der Waals surface area contributed by atoms with Crippen molar-refractivity contribution >= 4 is 24.2 Å². The van der Waals surface area contributed by atoms with Gasteiger partial charge in [-0.25, -0.2) is 14.8 Å². The van der Waals surface area contributed by atoms with Gasteiger partial charge in [0, 0.05) is 33.2 Å². The lowest BCUT2D eigenvalue weighted by Gasteiger charge is -2.37. The molecule has 2 rings (SSSR count). The lowest BCUT2D eigenvalue weighted by molar-refractivity contribution is -0.109. The quantitative estimate of drug-likeness (QED) is 0.554. The van der Waals surface area contributed by atoms with E-state index in [0.717, 1.165) is 5.06 Å². The van der Waals surface area contributed by atoms with Crippen LogP contribution in [0.3, 0.4) is 0 Å². The van der Waals surface area contributed by atoms with E-state index in [9.17, 15) is 14.4 Å². The van der Waals surface area contributed by atoms with Gasteiger partial charge < -0.3 is 19.9 Å². The Morgan fingerprint density at radius 1 is 1.24 bits per heavy atom. The second-order valence-electron chi connectivity index (χ2n) is 7.61. The first-order valence-corrected chi connectivity index (χ1v) is 9.38. The fourth-order valence-corrected chi connectivity index (χ4v) is 2.82. The Kier molecular flexibility index (Phi) is 7.38. The summed E-state index contributed by atoms with van der Waals surface area (Å²) in [5.74, 6) is 0.160. The van der Waals surface area contributed by atoms with Crippen LogP contribution in [0, 0.1) is 0 Å². The maximum Gasteiger partial charge on any atom is 0.410 e. The van der Waals surface area contributed by atoms with Gasteiger partial charge >= 0.3 is 6.09 Å². The Labute approximate surface area is 170 Å². The highest BCUT2D eigenvalue weighted by Gasteiger charge is 2.29. The van der Waals surface area contributed by atoms with Crippen molar-refractivity contribution in [2.24, 2.45) is 0 Å². The van der Waals surface area contributed by atoms with Gasteiger partial charge in [-0.15, -0.1) is 0 Å². The van der Waals surface area contributed by atoms with E-state index in [1.54, 1.807) is 17.0 Å². The fourth-order valence-electron chi connectivity index (χ4n) is 2.82. The molecule has 29 heavy (non-hydrogen) atoms. The number of nitrogens with one attached hydrogen (secondary N) is 1. The molecule has 1 saturated heterocycles. The van der Waals surface area contributed by atoms with E-state index in [1.165, 1.54) is 14.2 Å². The first-order valence-electron chi connectivity index (χ1n) is 9.38. The maximum absolute atomic E-state index is 12.7. The normalized spacial score (nSPS) is 14.4. The summed E-state index contributed by atoms with van der Waals surface area (Å²) in [6, 6.07) is 3.36. The number of aromatic nitrogens is 1. The first-order chi connectivity index (χ1) is 13.7. The minimum Gasteiger partial charge on any atom is -0.444 e. The highest BCUT2D eigenvalue weighted by atomic mass is 16.7. The molecule has 1 aromatic heterocycles. The first kappa shape index (κ1) is 22.4. The van der Waals surface area contributed by atoms with Crippen molar-refractivity contribution in [3.05, 3.63) is 23.4 Å². The molecule has 3 amide bonds. The van der Waals surface area contributed by atoms with E-state index in [0.29, 0.717) is 49.7 Å². The molecule has 0 aliphatic carbocycles. The number of carbonyl (C=O) groups excluding carboxylic acids is 3. The predicted octanol–water partition coefficient (Wildman–Crippen LogP) is 1.02. The number of hydroxylamine groups is 2. The van der Waals surface area contributed by atoms with E-state index in [4.69, 9.17) is 9.57 Å². The minimum absolute atomic E-state index is 0.253. The number of amides is 3. The monoisotopic (exact) mass is 407 g/mol. The summed E-state index contributed by atoms with van der Waals surface area (Å²) in [6.07, 6.45) is 0.239. The van der Waals surface area contributed by atoms with Gasteiger partial charge in [0.05, 0.1) is 24.9 Å². The molecule has 2 heterocycles. The smallest absolute Gasteiger partial charge is 0.410 e. The third-order valence-electron chi connectivity index (χ3n) is 4.32. The van der Waals surface area contributed by atoms with Crippen molar-refractivity contribution in [1.29, 1.82) is 0 Å². The lowest BCUT2D eigenvalue weighted by Crippen LogP contribution is -2.50. The number of nitrogens with zero attached hydrogens (tertiary/aromatic N) is 4. The molecule has 0 aromatic carbocycles. The predicted molar refractivity (Wildman–Crippen MR) is 106 cm³/mol. The summed E-state index contributed by atoms with van der Waals surface area (Å²) in [7, 11) is 2.93. The highest BCUT2D eigenvalue weighted by Crippen LogP contribution is 2.23. The van der Waals surface area contributed by atoms with Crippen LogP contribution in [0.5, 0.6) is 0 Å². The van der Waals surface area contributed by atoms with Gasteiger partial charge in [0.15, 0.2) is 0 Å². The Bertz CT molecular complexity index is 741. The number of hydrogen-bond donors (Lipinski definition) is 1. The molecule has 160 valence electrons. The lowest BCUT2D eigenvalue weighted by atomic mass is 10.1. The molecule has 1 aromatic rings. The van der Waals surface area contributed by atoms with Crippen molar-refractivity contribution < 1.29 is 24.0 Å². The molecule has 0 unspecified atom stereocenters. The standard InChI is InChI=1S/C19H29N5O5/c1-19(2,3)29-18(27)24-10-8-23(9-11-24)16-15(17(26)22(4)28-5)7-6-14(21-16)12-20-13-25/h6-7,13H,8-12H2,1-5H3,(H,20,25). The van der Waals surface area contributed by atoms with E-state index < -0.39 is 5.60 Å².